The maximum atomic E-state index is 8.29. The Morgan fingerprint density at radius 3 is 1.25 bits per heavy atom. The van der Waals surface area contributed by atoms with E-state index >= 15 is 0 Å². The summed E-state index contributed by atoms with van der Waals surface area (Å²) in [5.74, 6) is 0. The van der Waals surface area contributed by atoms with E-state index in [9.17, 15) is 0 Å². The van der Waals surface area contributed by atoms with Crippen LogP contribution in [0.15, 0.2) is 0 Å². The van der Waals surface area contributed by atoms with Crippen LogP contribution in [0.25, 0.3) is 0 Å². The predicted octanol–water partition coefficient (Wildman–Crippen LogP) is -1.05. The second-order valence-corrected chi connectivity index (χ2v) is 0.204. The molecule has 0 bridgehead atoms. The standard InChI is InChI=1S/O2S.Se/c1-3-2;. The third-order valence-corrected chi connectivity index (χ3v) is 0. The molecule has 0 rings (SSSR count). The minimum Gasteiger partial charge on any atom is -0.168 e. The van der Waals surface area contributed by atoms with E-state index in [-0.39, 0.29) is 17.1 Å². The zero-order valence-electron chi connectivity index (χ0n) is 1.63. The topological polar surface area (TPSA) is 34.1 Å². The van der Waals surface area contributed by atoms with Crippen molar-refractivity contribution >= 4 is 28.6 Å². The van der Waals surface area contributed by atoms with Crippen molar-refractivity contribution in [3.63, 3.8) is 0 Å². The van der Waals surface area contributed by atoms with Gasteiger partial charge in [-0.05, 0) is 0 Å². The van der Waals surface area contributed by atoms with Crippen molar-refractivity contribution in [2.45, 2.75) is 0 Å². The fraction of sp³-hybridized carbons (Fsp3) is 0. The van der Waals surface area contributed by atoms with Gasteiger partial charge in [0.2, 0.25) is 0 Å². The molecule has 0 fully saturated rings. The molecule has 0 N–H and O–H groups in total. The van der Waals surface area contributed by atoms with Crippen LogP contribution in [-0.4, -0.2) is 25.5 Å². The second kappa shape index (κ2) is 10.2. The molecule has 0 unspecified atom stereocenters. The fourth-order valence-corrected chi connectivity index (χ4v) is 0. The smallest absolute Gasteiger partial charge is 0.168 e. The van der Waals surface area contributed by atoms with Crippen molar-refractivity contribution in [1.82, 2.24) is 0 Å². The fourth-order valence-electron chi connectivity index (χ4n) is 0. The minimum absolute atomic E-state index is 0. The van der Waals surface area contributed by atoms with Gasteiger partial charge in [-0.15, -0.1) is 0 Å². The van der Waals surface area contributed by atoms with Crippen molar-refractivity contribution in [3.8, 4) is 0 Å². The Bertz CT molecular complexity index is 27.0. The van der Waals surface area contributed by atoms with Crippen molar-refractivity contribution in [2.75, 3.05) is 0 Å². The van der Waals surface area contributed by atoms with Gasteiger partial charge in [-0.2, -0.15) is 8.42 Å². The molecule has 4 heavy (non-hydrogen) atoms. The summed E-state index contributed by atoms with van der Waals surface area (Å²) in [4.78, 5) is 0. The monoisotopic (exact) mass is 144 g/mol. The Balaban J connectivity index is 0. The van der Waals surface area contributed by atoms with E-state index in [4.69, 9.17) is 8.42 Å². The van der Waals surface area contributed by atoms with Crippen molar-refractivity contribution in [1.29, 1.82) is 0 Å². The van der Waals surface area contributed by atoms with Gasteiger partial charge in [0.1, 0.15) is 0 Å². The van der Waals surface area contributed by atoms with Gasteiger partial charge in [-0.1, -0.05) is 0 Å². The zero-order chi connectivity index (χ0) is 2.71. The van der Waals surface area contributed by atoms with Gasteiger partial charge in [0.05, 0.1) is 0 Å². The third kappa shape index (κ3) is 36.4. The van der Waals surface area contributed by atoms with Crippen LogP contribution in [0, 0.1) is 0 Å². The average Bonchev–Trinajstić information content (AvgIpc) is 0.918. The van der Waals surface area contributed by atoms with Gasteiger partial charge < -0.3 is 0 Å². The Hall–Kier alpha value is 0.339. The van der Waals surface area contributed by atoms with Gasteiger partial charge in [-0.3, -0.25) is 0 Å². The number of rotatable bonds is 0. The van der Waals surface area contributed by atoms with Crippen molar-refractivity contribution in [3.05, 3.63) is 0 Å². The molecule has 2 nitrogen and oxygen atoms in total. The van der Waals surface area contributed by atoms with Crippen molar-refractivity contribution in [2.24, 2.45) is 0 Å². The molecule has 0 aliphatic heterocycles. The van der Waals surface area contributed by atoms with E-state index in [0.29, 0.717) is 0 Å². The van der Waals surface area contributed by atoms with Crippen LogP contribution in [0.1, 0.15) is 0 Å². The van der Waals surface area contributed by atoms with E-state index in [0.717, 1.165) is 0 Å². The summed E-state index contributed by atoms with van der Waals surface area (Å²) in [5.41, 5.74) is 0. The van der Waals surface area contributed by atoms with Crippen LogP contribution in [0.4, 0.5) is 0 Å². The first-order valence-corrected chi connectivity index (χ1v) is 1.00. The van der Waals surface area contributed by atoms with Gasteiger partial charge >= 0.3 is 11.6 Å². The molecule has 0 spiro atoms. The summed E-state index contributed by atoms with van der Waals surface area (Å²) in [7, 11) is 0. The quantitative estimate of drug-likeness (QED) is 0.405. The third-order valence-electron chi connectivity index (χ3n) is 0. The van der Waals surface area contributed by atoms with Gasteiger partial charge in [0, 0.05) is 17.1 Å². The van der Waals surface area contributed by atoms with Gasteiger partial charge in [0.25, 0.3) is 0 Å². The number of hydrogen-bond acceptors (Lipinski definition) is 2. The summed E-state index contributed by atoms with van der Waals surface area (Å²) < 4.78 is 16.6. The molecule has 0 aliphatic rings. The second-order valence-electron chi connectivity index (χ2n) is 0.0680. The molecule has 0 amide bonds. The van der Waals surface area contributed by atoms with Crippen LogP contribution in [0.2, 0.25) is 0 Å². The Morgan fingerprint density at radius 2 is 1.25 bits per heavy atom. The van der Waals surface area contributed by atoms with Crippen molar-refractivity contribution < 1.29 is 8.42 Å². The molecule has 4 heteroatoms. The first-order chi connectivity index (χ1) is 1.41. The number of hydrogen-bond donors (Lipinski definition) is 0. The SMILES string of the molecule is O=S=O.[Se]. The van der Waals surface area contributed by atoms with Crippen LogP contribution in [-0.2, 0) is 11.6 Å². The van der Waals surface area contributed by atoms with Crippen LogP contribution in [0.5, 0.6) is 0 Å². The van der Waals surface area contributed by atoms with E-state index < -0.39 is 11.6 Å². The van der Waals surface area contributed by atoms with E-state index in [1.807, 2.05) is 0 Å². The maximum absolute atomic E-state index is 8.29. The Morgan fingerprint density at radius 1 is 1.25 bits per heavy atom. The van der Waals surface area contributed by atoms with E-state index in [1.165, 1.54) is 0 Å². The molecule has 0 saturated carbocycles. The molecule has 24 valence electrons. The normalized spacial score (nSPS) is 3.00. The zero-order valence-corrected chi connectivity index (χ0v) is 4.16. The molecule has 0 aromatic rings. The molecule has 0 atom stereocenters. The van der Waals surface area contributed by atoms with Crippen LogP contribution >= 0.6 is 0 Å². The molecule has 0 aromatic carbocycles. The van der Waals surface area contributed by atoms with E-state index in [1.54, 1.807) is 0 Å². The first kappa shape index (κ1) is 8.84. The van der Waals surface area contributed by atoms with Crippen LogP contribution in [0.3, 0.4) is 0 Å². The van der Waals surface area contributed by atoms with E-state index in [2.05, 4.69) is 0 Å². The molecule has 0 aromatic heterocycles. The van der Waals surface area contributed by atoms with Gasteiger partial charge in [-0.25, -0.2) is 0 Å². The maximum Gasteiger partial charge on any atom is 0.335 e. The van der Waals surface area contributed by atoms with Gasteiger partial charge in [0.15, 0.2) is 0 Å². The summed E-state index contributed by atoms with van der Waals surface area (Å²) in [5, 5.41) is 0. The predicted molar refractivity (Wildman–Crippen MR) is 14.7 cm³/mol. The molecule has 2 radical (unpaired) electrons. The largest absolute Gasteiger partial charge is 0.335 e. The summed E-state index contributed by atoms with van der Waals surface area (Å²) in [6.07, 6.45) is 0. The molecule has 0 saturated heterocycles. The molecule has 0 aliphatic carbocycles. The average molecular weight is 143 g/mol. The molecule has 0 heterocycles. The Labute approximate surface area is 37.7 Å². The molecular formula is O2SSe. The minimum atomic E-state index is -0.750. The molecular weight excluding hydrogens is 143 g/mol. The summed E-state index contributed by atoms with van der Waals surface area (Å²) in [6, 6.07) is 0. The van der Waals surface area contributed by atoms with Crippen LogP contribution < -0.4 is 0 Å². The first-order valence-electron chi connectivity index (χ1n) is 0.333. The summed E-state index contributed by atoms with van der Waals surface area (Å²) >= 11 is -0.750. The Kier molecular flexibility index (Phi) is 22.5. The summed E-state index contributed by atoms with van der Waals surface area (Å²) in [6.45, 7) is 0.